The summed E-state index contributed by atoms with van der Waals surface area (Å²) in [5.41, 5.74) is 0.514. The number of nitriles is 1. The summed E-state index contributed by atoms with van der Waals surface area (Å²) in [6.45, 7) is 0.345. The molecule has 0 aliphatic rings. The second-order valence-electron chi connectivity index (χ2n) is 3.71. The van der Waals surface area contributed by atoms with Crippen molar-refractivity contribution in [3.05, 3.63) is 28.0 Å². The number of nitrogens with one attached hydrogen (secondary N) is 1. The van der Waals surface area contributed by atoms with Crippen LogP contribution in [0, 0.1) is 17.1 Å². The van der Waals surface area contributed by atoms with Crippen LogP contribution in [-0.4, -0.2) is 31.5 Å². The Bertz CT molecular complexity index is 442. The molecular formula is C12H14BrFN2O2. The van der Waals surface area contributed by atoms with Gasteiger partial charge in [0.15, 0.2) is 5.82 Å². The maximum Gasteiger partial charge on any atom is 0.161 e. The minimum Gasteiger partial charge on any atom is -0.396 e. The molecule has 0 fully saturated rings. The standard InChI is InChI=1S/C12H14BrFN2O2/c1-18-7-9(4-5-17)16-10-3-2-8(6-15)11(13)12(10)14/h2-3,9,16-17H,4-5,7H2,1H3. The van der Waals surface area contributed by atoms with Crippen LogP contribution in [0.25, 0.3) is 0 Å². The fourth-order valence-corrected chi connectivity index (χ4v) is 1.96. The first kappa shape index (κ1) is 14.9. The Morgan fingerprint density at radius 3 is 2.89 bits per heavy atom. The van der Waals surface area contributed by atoms with E-state index in [4.69, 9.17) is 15.1 Å². The van der Waals surface area contributed by atoms with Crippen molar-refractivity contribution < 1.29 is 14.2 Å². The highest BCUT2D eigenvalue weighted by Gasteiger charge is 2.14. The molecule has 0 radical (unpaired) electrons. The van der Waals surface area contributed by atoms with Crippen molar-refractivity contribution in [3.63, 3.8) is 0 Å². The van der Waals surface area contributed by atoms with Crippen LogP contribution in [0.15, 0.2) is 16.6 Å². The van der Waals surface area contributed by atoms with Gasteiger partial charge in [-0.3, -0.25) is 0 Å². The molecule has 18 heavy (non-hydrogen) atoms. The molecule has 1 rings (SSSR count). The summed E-state index contributed by atoms with van der Waals surface area (Å²) >= 11 is 3.04. The molecule has 0 saturated heterocycles. The fraction of sp³-hybridized carbons (Fsp3) is 0.417. The van der Waals surface area contributed by atoms with E-state index < -0.39 is 5.82 Å². The molecule has 0 aliphatic heterocycles. The second-order valence-corrected chi connectivity index (χ2v) is 4.50. The van der Waals surface area contributed by atoms with Gasteiger partial charge in [0.05, 0.1) is 28.4 Å². The van der Waals surface area contributed by atoms with Crippen LogP contribution in [0.1, 0.15) is 12.0 Å². The number of methoxy groups -OCH3 is 1. The highest BCUT2D eigenvalue weighted by Crippen LogP contribution is 2.27. The first-order valence-electron chi connectivity index (χ1n) is 5.38. The molecule has 1 aromatic carbocycles. The van der Waals surface area contributed by atoms with E-state index in [1.54, 1.807) is 0 Å². The minimum absolute atomic E-state index is 0.0138. The smallest absolute Gasteiger partial charge is 0.161 e. The summed E-state index contributed by atoms with van der Waals surface area (Å²) < 4.78 is 19.0. The number of aliphatic hydroxyl groups is 1. The van der Waals surface area contributed by atoms with Gasteiger partial charge in [-0.15, -0.1) is 0 Å². The van der Waals surface area contributed by atoms with Gasteiger partial charge in [0, 0.05) is 13.7 Å². The summed E-state index contributed by atoms with van der Waals surface area (Å²) in [5.74, 6) is -0.520. The van der Waals surface area contributed by atoms with Crippen molar-refractivity contribution in [2.24, 2.45) is 0 Å². The largest absolute Gasteiger partial charge is 0.396 e. The van der Waals surface area contributed by atoms with E-state index in [0.717, 1.165) is 0 Å². The molecule has 1 unspecified atom stereocenters. The average molecular weight is 317 g/mol. The summed E-state index contributed by atoms with van der Waals surface area (Å²) in [6.07, 6.45) is 0.449. The molecule has 98 valence electrons. The van der Waals surface area contributed by atoms with Gasteiger partial charge in [-0.2, -0.15) is 5.26 Å². The van der Waals surface area contributed by atoms with Crippen molar-refractivity contribution >= 4 is 21.6 Å². The molecule has 6 heteroatoms. The number of benzene rings is 1. The lowest BCUT2D eigenvalue weighted by atomic mass is 10.1. The van der Waals surface area contributed by atoms with Gasteiger partial charge in [0.25, 0.3) is 0 Å². The molecule has 0 spiro atoms. The fourth-order valence-electron chi connectivity index (χ4n) is 1.52. The molecule has 0 bridgehead atoms. The van der Waals surface area contributed by atoms with Gasteiger partial charge < -0.3 is 15.2 Å². The number of anilines is 1. The lowest BCUT2D eigenvalue weighted by Gasteiger charge is -2.19. The number of nitrogens with zero attached hydrogens (tertiary/aromatic N) is 1. The van der Waals surface area contributed by atoms with Crippen molar-refractivity contribution in [1.82, 2.24) is 0 Å². The highest BCUT2D eigenvalue weighted by atomic mass is 79.9. The lowest BCUT2D eigenvalue weighted by molar-refractivity contribution is 0.170. The molecule has 1 atom stereocenters. The molecule has 0 saturated carbocycles. The van der Waals surface area contributed by atoms with Gasteiger partial charge in [0.2, 0.25) is 0 Å². The molecule has 0 aliphatic carbocycles. The van der Waals surface area contributed by atoms with Crippen LogP contribution in [0.2, 0.25) is 0 Å². The van der Waals surface area contributed by atoms with Crippen molar-refractivity contribution in [3.8, 4) is 6.07 Å². The quantitative estimate of drug-likeness (QED) is 0.845. The number of halogens is 2. The minimum atomic E-state index is -0.520. The third kappa shape index (κ3) is 3.67. The zero-order chi connectivity index (χ0) is 13.5. The molecule has 4 nitrogen and oxygen atoms in total. The van der Waals surface area contributed by atoms with Crippen LogP contribution >= 0.6 is 15.9 Å². The number of hydrogen-bond acceptors (Lipinski definition) is 4. The summed E-state index contributed by atoms with van der Waals surface area (Å²) in [5, 5.41) is 20.6. The van der Waals surface area contributed by atoms with E-state index in [9.17, 15) is 4.39 Å². The zero-order valence-electron chi connectivity index (χ0n) is 9.91. The van der Waals surface area contributed by atoms with E-state index in [1.165, 1.54) is 19.2 Å². The van der Waals surface area contributed by atoms with Crippen molar-refractivity contribution in [2.75, 3.05) is 25.6 Å². The van der Waals surface area contributed by atoms with E-state index >= 15 is 0 Å². The maximum absolute atomic E-state index is 13.9. The van der Waals surface area contributed by atoms with Gasteiger partial charge in [-0.05, 0) is 34.5 Å². The Balaban J connectivity index is 2.90. The van der Waals surface area contributed by atoms with Gasteiger partial charge in [-0.25, -0.2) is 4.39 Å². The number of rotatable bonds is 6. The number of hydrogen-bond donors (Lipinski definition) is 2. The molecule has 0 aromatic heterocycles. The monoisotopic (exact) mass is 316 g/mol. The predicted octanol–water partition coefficient (Wildman–Crippen LogP) is 2.27. The first-order valence-corrected chi connectivity index (χ1v) is 6.17. The summed E-state index contributed by atoms with van der Waals surface area (Å²) in [4.78, 5) is 0. The van der Waals surface area contributed by atoms with Crippen LogP contribution < -0.4 is 5.32 Å². The van der Waals surface area contributed by atoms with Crippen LogP contribution in [0.5, 0.6) is 0 Å². The first-order chi connectivity index (χ1) is 8.63. The third-order valence-electron chi connectivity index (χ3n) is 2.41. The van der Waals surface area contributed by atoms with Crippen molar-refractivity contribution in [1.29, 1.82) is 5.26 Å². The average Bonchev–Trinajstić information content (AvgIpc) is 2.36. The Labute approximate surface area is 114 Å². The molecule has 0 amide bonds. The molecular weight excluding hydrogens is 303 g/mol. The Morgan fingerprint density at radius 1 is 1.61 bits per heavy atom. The van der Waals surface area contributed by atoms with Gasteiger partial charge in [-0.1, -0.05) is 0 Å². The Morgan fingerprint density at radius 2 is 2.33 bits per heavy atom. The third-order valence-corrected chi connectivity index (χ3v) is 3.18. The number of aliphatic hydroxyl groups excluding tert-OH is 1. The van der Waals surface area contributed by atoms with E-state index in [-0.39, 0.29) is 28.4 Å². The van der Waals surface area contributed by atoms with Crippen LogP contribution in [-0.2, 0) is 4.74 Å². The van der Waals surface area contributed by atoms with E-state index in [1.807, 2.05) is 6.07 Å². The normalized spacial score (nSPS) is 11.9. The summed E-state index contributed by atoms with van der Waals surface area (Å²) in [7, 11) is 1.54. The highest BCUT2D eigenvalue weighted by molar-refractivity contribution is 9.10. The van der Waals surface area contributed by atoms with E-state index in [2.05, 4.69) is 21.2 Å². The predicted molar refractivity (Wildman–Crippen MR) is 69.8 cm³/mol. The number of ether oxygens (including phenoxy) is 1. The Hall–Kier alpha value is -1.16. The topological polar surface area (TPSA) is 65.3 Å². The second kappa shape index (κ2) is 7.31. The summed E-state index contributed by atoms with van der Waals surface area (Å²) in [6, 6.07) is 4.73. The lowest BCUT2D eigenvalue weighted by Crippen LogP contribution is -2.26. The van der Waals surface area contributed by atoms with Crippen molar-refractivity contribution in [2.45, 2.75) is 12.5 Å². The Kier molecular flexibility index (Phi) is 6.05. The van der Waals surface area contributed by atoms with Crippen LogP contribution in [0.3, 0.4) is 0 Å². The SMILES string of the molecule is COCC(CCO)Nc1ccc(C#N)c(Br)c1F. The molecule has 2 N–H and O–H groups in total. The zero-order valence-corrected chi connectivity index (χ0v) is 11.5. The molecule has 1 aromatic rings. The van der Waals surface area contributed by atoms with Crippen LogP contribution in [0.4, 0.5) is 10.1 Å². The van der Waals surface area contributed by atoms with Gasteiger partial charge >= 0.3 is 0 Å². The van der Waals surface area contributed by atoms with Gasteiger partial charge in [0.1, 0.15) is 6.07 Å². The maximum atomic E-state index is 13.9. The van der Waals surface area contributed by atoms with E-state index in [0.29, 0.717) is 13.0 Å². The molecule has 0 heterocycles.